The minimum absolute atomic E-state index is 0. The number of rotatable bonds is 9. The lowest BCUT2D eigenvalue weighted by Gasteiger charge is -2.35. The van der Waals surface area contributed by atoms with E-state index in [-0.39, 0.29) is 24.0 Å². The Hall–Kier alpha value is -1.13. The van der Waals surface area contributed by atoms with E-state index in [9.17, 15) is 0 Å². The van der Waals surface area contributed by atoms with Gasteiger partial charge in [0, 0.05) is 58.1 Å². The van der Waals surface area contributed by atoms with Gasteiger partial charge in [-0.2, -0.15) is 0 Å². The zero-order valence-electron chi connectivity index (χ0n) is 20.4. The molecule has 0 radical (unpaired) electrons. The number of piperidine rings is 1. The summed E-state index contributed by atoms with van der Waals surface area (Å²) in [6, 6.07) is 5.04. The average molecular weight is 558 g/mol. The van der Waals surface area contributed by atoms with Crippen LogP contribution in [0.1, 0.15) is 52.0 Å². The van der Waals surface area contributed by atoms with Crippen molar-refractivity contribution in [2.24, 2.45) is 4.99 Å². The molecule has 2 aliphatic rings. The number of guanidine groups is 1. The third-order valence-corrected chi connectivity index (χ3v) is 6.63. The molecule has 0 spiro atoms. The zero-order chi connectivity index (χ0) is 21.9. The van der Waals surface area contributed by atoms with Crippen LogP contribution in [0.4, 0.5) is 5.82 Å². The van der Waals surface area contributed by atoms with Crippen LogP contribution in [0.2, 0.25) is 0 Å². The van der Waals surface area contributed by atoms with Gasteiger partial charge in [-0.15, -0.1) is 24.0 Å². The number of anilines is 1. The number of hydrogen-bond donors (Lipinski definition) is 2. The van der Waals surface area contributed by atoms with E-state index >= 15 is 0 Å². The van der Waals surface area contributed by atoms with Gasteiger partial charge in [0.25, 0.3) is 0 Å². The van der Waals surface area contributed by atoms with Crippen LogP contribution in [0.15, 0.2) is 23.3 Å². The third kappa shape index (κ3) is 8.33. The Morgan fingerprint density at radius 1 is 1.09 bits per heavy atom. The van der Waals surface area contributed by atoms with Crippen molar-refractivity contribution in [3.8, 4) is 0 Å². The number of likely N-dealkylation sites (N-methyl/N-ethyl adjacent to an activating group) is 1. The smallest absolute Gasteiger partial charge is 0.191 e. The molecule has 0 amide bonds. The molecule has 0 aliphatic carbocycles. The molecule has 2 aliphatic heterocycles. The van der Waals surface area contributed by atoms with E-state index in [1.54, 1.807) is 0 Å². The number of nitrogens with zero attached hydrogens (tertiary/aromatic N) is 5. The summed E-state index contributed by atoms with van der Waals surface area (Å²) < 4.78 is 0. The first-order valence-corrected chi connectivity index (χ1v) is 12.4. The van der Waals surface area contributed by atoms with Crippen molar-refractivity contribution in [3.05, 3.63) is 23.9 Å². The van der Waals surface area contributed by atoms with Crippen molar-refractivity contribution in [2.75, 3.05) is 63.8 Å². The van der Waals surface area contributed by atoms with Crippen molar-refractivity contribution in [1.29, 1.82) is 0 Å². The summed E-state index contributed by atoms with van der Waals surface area (Å²) in [4.78, 5) is 17.0. The van der Waals surface area contributed by atoms with Crippen LogP contribution in [0.25, 0.3) is 0 Å². The first-order valence-electron chi connectivity index (χ1n) is 12.4. The molecule has 1 unspecified atom stereocenters. The Labute approximate surface area is 212 Å². The lowest BCUT2D eigenvalue weighted by Crippen LogP contribution is -2.46. The van der Waals surface area contributed by atoms with Gasteiger partial charge >= 0.3 is 0 Å². The van der Waals surface area contributed by atoms with Crippen LogP contribution in [0.3, 0.4) is 0 Å². The summed E-state index contributed by atoms with van der Waals surface area (Å²) in [6.45, 7) is 16.9. The van der Waals surface area contributed by atoms with Crippen LogP contribution >= 0.6 is 24.0 Å². The molecule has 0 bridgehead atoms. The number of piperazine rings is 1. The largest absolute Gasteiger partial charge is 0.357 e. The topological polar surface area (TPSA) is 59.0 Å². The van der Waals surface area contributed by atoms with Crippen molar-refractivity contribution < 1.29 is 0 Å². The maximum absolute atomic E-state index is 4.84. The highest BCUT2D eigenvalue weighted by atomic mass is 127. The molecule has 0 saturated carbocycles. The van der Waals surface area contributed by atoms with Gasteiger partial charge in [-0.1, -0.05) is 20.3 Å². The summed E-state index contributed by atoms with van der Waals surface area (Å²) in [5, 5.41) is 6.93. The maximum Gasteiger partial charge on any atom is 0.191 e. The molecular formula is C24H44IN7. The molecule has 1 aromatic heterocycles. The Morgan fingerprint density at radius 3 is 2.62 bits per heavy atom. The second-order valence-electron chi connectivity index (χ2n) is 8.66. The van der Waals surface area contributed by atoms with Gasteiger partial charge in [-0.3, -0.25) is 4.90 Å². The summed E-state index contributed by atoms with van der Waals surface area (Å²) in [5.74, 6) is 1.99. The first kappa shape index (κ1) is 27.1. The van der Waals surface area contributed by atoms with Gasteiger partial charge in [0.1, 0.15) is 5.82 Å². The minimum Gasteiger partial charge on any atom is -0.357 e. The van der Waals surface area contributed by atoms with Crippen molar-refractivity contribution in [1.82, 2.24) is 25.4 Å². The number of nitrogens with one attached hydrogen (secondary N) is 2. The number of likely N-dealkylation sites (tertiary alicyclic amines) is 1. The predicted octanol–water partition coefficient (Wildman–Crippen LogP) is 3.16. The van der Waals surface area contributed by atoms with Crippen LogP contribution in [-0.4, -0.2) is 85.7 Å². The highest BCUT2D eigenvalue weighted by Gasteiger charge is 2.20. The molecular weight excluding hydrogens is 513 g/mol. The quantitative estimate of drug-likeness (QED) is 0.277. The molecule has 7 nitrogen and oxygen atoms in total. The van der Waals surface area contributed by atoms with Gasteiger partial charge in [0.2, 0.25) is 0 Å². The lowest BCUT2D eigenvalue weighted by molar-refractivity contribution is 0.147. The fraction of sp³-hybridized carbons (Fsp3) is 0.750. The molecule has 2 fully saturated rings. The molecule has 2 N–H and O–H groups in total. The molecule has 1 atom stereocenters. The van der Waals surface area contributed by atoms with E-state index in [0.29, 0.717) is 6.54 Å². The lowest BCUT2D eigenvalue weighted by atomic mass is 10.0. The summed E-state index contributed by atoms with van der Waals surface area (Å²) in [6.07, 6.45) is 7.25. The standard InChI is InChI=1S/C24H43N7.HI/c1-4-22-9-7-8-13-30(22)14-12-27-24(25-5-2)28-20-21-10-11-26-23(19-21)31-17-15-29(6-3)16-18-31;/h10-11,19,22H,4-9,12-18,20H2,1-3H3,(H2,25,27,28);1H. The average Bonchev–Trinajstić information content (AvgIpc) is 2.83. The predicted molar refractivity (Wildman–Crippen MR) is 146 cm³/mol. The van der Waals surface area contributed by atoms with Crippen LogP contribution in [0.5, 0.6) is 0 Å². The number of pyridine rings is 1. The molecule has 0 aromatic carbocycles. The number of aromatic nitrogens is 1. The van der Waals surface area contributed by atoms with Crippen molar-refractivity contribution >= 4 is 35.8 Å². The van der Waals surface area contributed by atoms with Gasteiger partial charge in [0.05, 0.1) is 6.54 Å². The fourth-order valence-electron chi connectivity index (χ4n) is 4.67. The Bertz CT molecular complexity index is 676. The second kappa shape index (κ2) is 14.9. The van der Waals surface area contributed by atoms with Crippen LogP contribution < -0.4 is 15.5 Å². The summed E-state index contributed by atoms with van der Waals surface area (Å²) in [7, 11) is 0. The zero-order valence-corrected chi connectivity index (χ0v) is 22.7. The highest BCUT2D eigenvalue weighted by Crippen LogP contribution is 2.18. The van der Waals surface area contributed by atoms with E-state index in [1.165, 1.54) is 37.8 Å². The molecule has 3 rings (SSSR count). The second-order valence-corrected chi connectivity index (χ2v) is 8.66. The third-order valence-electron chi connectivity index (χ3n) is 6.63. The first-order chi connectivity index (χ1) is 15.2. The van der Waals surface area contributed by atoms with Gasteiger partial charge < -0.3 is 20.4 Å². The Morgan fingerprint density at radius 2 is 1.91 bits per heavy atom. The number of aliphatic imine (C=N–C) groups is 1. The highest BCUT2D eigenvalue weighted by molar-refractivity contribution is 14.0. The number of halogens is 1. The van der Waals surface area contributed by atoms with Crippen LogP contribution in [0, 0.1) is 0 Å². The molecule has 8 heteroatoms. The number of hydrogen-bond acceptors (Lipinski definition) is 5. The molecule has 1 aromatic rings. The fourth-order valence-corrected chi connectivity index (χ4v) is 4.67. The summed E-state index contributed by atoms with van der Waals surface area (Å²) in [5.41, 5.74) is 1.21. The molecule has 32 heavy (non-hydrogen) atoms. The monoisotopic (exact) mass is 557 g/mol. The van der Waals surface area contributed by atoms with Crippen molar-refractivity contribution in [3.63, 3.8) is 0 Å². The summed E-state index contributed by atoms with van der Waals surface area (Å²) >= 11 is 0. The van der Waals surface area contributed by atoms with E-state index < -0.39 is 0 Å². The van der Waals surface area contributed by atoms with E-state index in [2.05, 4.69) is 63.2 Å². The Kier molecular flexibility index (Phi) is 12.6. The molecule has 182 valence electrons. The minimum atomic E-state index is 0. The maximum atomic E-state index is 4.84. The van der Waals surface area contributed by atoms with E-state index in [4.69, 9.17) is 4.99 Å². The van der Waals surface area contributed by atoms with E-state index in [0.717, 1.165) is 70.2 Å². The molecule has 3 heterocycles. The SMILES string of the molecule is CCNC(=NCc1ccnc(N2CCN(CC)CC2)c1)NCCN1CCCCC1CC.I. The normalized spacial score (nSPS) is 20.7. The van der Waals surface area contributed by atoms with Crippen LogP contribution in [-0.2, 0) is 6.54 Å². The van der Waals surface area contributed by atoms with Gasteiger partial charge in [-0.05, 0) is 57.0 Å². The van der Waals surface area contributed by atoms with E-state index in [1.807, 2.05) is 6.20 Å². The van der Waals surface area contributed by atoms with Gasteiger partial charge in [-0.25, -0.2) is 9.98 Å². The molecule has 2 saturated heterocycles. The van der Waals surface area contributed by atoms with Gasteiger partial charge in [0.15, 0.2) is 5.96 Å². The van der Waals surface area contributed by atoms with Crippen molar-refractivity contribution in [2.45, 2.75) is 59.0 Å². The Balaban J connectivity index is 0.00000363.